The van der Waals surface area contributed by atoms with Crippen molar-refractivity contribution in [1.82, 2.24) is 10.3 Å². The molecule has 27 heavy (non-hydrogen) atoms. The average Bonchev–Trinajstić information content (AvgIpc) is 2.67. The third kappa shape index (κ3) is 6.42. The predicted octanol–water partition coefficient (Wildman–Crippen LogP) is 5.16. The molecule has 2 rings (SSSR count). The second kappa shape index (κ2) is 10.5. The fourth-order valence-corrected chi connectivity index (χ4v) is 2.82. The zero-order chi connectivity index (χ0) is 20.5. The Morgan fingerprint density at radius 3 is 2.41 bits per heavy atom. The van der Waals surface area contributed by atoms with Crippen LogP contribution in [-0.4, -0.2) is 29.7 Å². The number of para-hydroxylation sites is 1. The molecule has 0 saturated heterocycles. The summed E-state index contributed by atoms with van der Waals surface area (Å²) in [5, 5.41) is 7.63. The fourth-order valence-electron chi connectivity index (χ4n) is 2.71. The largest absolute Gasteiger partial charge is 0.383 e. The number of thiol groups is 1. The van der Waals surface area contributed by atoms with Crippen molar-refractivity contribution >= 4 is 35.1 Å². The van der Waals surface area contributed by atoms with Gasteiger partial charge in [-0.1, -0.05) is 59.7 Å². The van der Waals surface area contributed by atoms with Crippen LogP contribution in [0.4, 0.5) is 5.69 Å². The Balaban J connectivity index is 0.00000176. The van der Waals surface area contributed by atoms with Crippen LogP contribution in [0, 0.1) is 10.8 Å². The summed E-state index contributed by atoms with van der Waals surface area (Å²) in [6.07, 6.45) is 2.74. The molecule has 0 fully saturated rings. The van der Waals surface area contributed by atoms with E-state index in [0.29, 0.717) is 6.54 Å². The zero-order valence-corrected chi connectivity index (χ0v) is 18.5. The molecular formula is C22H35N3OS. The molecule has 0 aliphatic heterocycles. The summed E-state index contributed by atoms with van der Waals surface area (Å²) in [4.78, 5) is 15.9. The maximum absolute atomic E-state index is 11.4. The number of aromatic nitrogens is 1. The van der Waals surface area contributed by atoms with E-state index in [9.17, 15) is 4.79 Å². The molecule has 1 aromatic carbocycles. The van der Waals surface area contributed by atoms with Crippen LogP contribution < -0.4 is 10.6 Å². The van der Waals surface area contributed by atoms with Crippen molar-refractivity contribution < 1.29 is 4.79 Å². The van der Waals surface area contributed by atoms with Crippen LogP contribution in [0.25, 0.3) is 10.9 Å². The van der Waals surface area contributed by atoms with Gasteiger partial charge in [0.2, 0.25) is 5.91 Å². The third-order valence-corrected chi connectivity index (χ3v) is 5.69. The first-order valence-corrected chi connectivity index (χ1v) is 10.4. The minimum Gasteiger partial charge on any atom is -0.383 e. The Hall–Kier alpha value is -1.75. The van der Waals surface area contributed by atoms with Crippen molar-refractivity contribution in [3.63, 3.8) is 0 Å². The molecule has 0 aliphatic carbocycles. The van der Waals surface area contributed by atoms with Gasteiger partial charge in [-0.15, -0.1) is 0 Å². The van der Waals surface area contributed by atoms with Gasteiger partial charge in [0.15, 0.2) is 0 Å². The molecule has 0 saturated carbocycles. The number of rotatable bonds is 8. The lowest BCUT2D eigenvalue weighted by atomic mass is 9.66. The van der Waals surface area contributed by atoms with E-state index in [1.54, 1.807) is 0 Å². The minimum atomic E-state index is -0.0168. The maximum Gasteiger partial charge on any atom is 0.229 e. The van der Waals surface area contributed by atoms with Crippen LogP contribution in [-0.2, 0) is 4.79 Å². The number of hydrogen-bond acceptors (Lipinski definition) is 4. The van der Waals surface area contributed by atoms with E-state index in [4.69, 9.17) is 0 Å². The summed E-state index contributed by atoms with van der Waals surface area (Å²) in [5.41, 5.74) is 2.15. The van der Waals surface area contributed by atoms with Gasteiger partial charge in [-0.25, -0.2) is 0 Å². The number of carbonyl (C=O) groups excluding carboxylic acids is 1. The molecule has 0 unspecified atom stereocenters. The summed E-state index contributed by atoms with van der Waals surface area (Å²) in [6.45, 7) is 14.5. The number of nitrogens with zero attached hydrogens (tertiary/aromatic N) is 1. The molecule has 0 bridgehead atoms. The van der Waals surface area contributed by atoms with Crippen molar-refractivity contribution in [3.8, 4) is 0 Å². The monoisotopic (exact) mass is 389 g/mol. The van der Waals surface area contributed by atoms with Crippen LogP contribution in [0.3, 0.4) is 0 Å². The first kappa shape index (κ1) is 23.3. The molecule has 0 atom stereocenters. The second-order valence-corrected chi connectivity index (χ2v) is 8.08. The Morgan fingerprint density at radius 2 is 1.74 bits per heavy atom. The van der Waals surface area contributed by atoms with Gasteiger partial charge >= 0.3 is 0 Å². The van der Waals surface area contributed by atoms with Gasteiger partial charge in [0, 0.05) is 24.7 Å². The lowest BCUT2D eigenvalue weighted by Crippen LogP contribution is -2.41. The van der Waals surface area contributed by atoms with Crippen molar-refractivity contribution in [2.24, 2.45) is 10.8 Å². The number of amides is 1. The summed E-state index contributed by atoms with van der Waals surface area (Å²) in [7, 11) is 0. The van der Waals surface area contributed by atoms with E-state index < -0.39 is 0 Å². The zero-order valence-electron chi connectivity index (χ0n) is 17.6. The molecule has 5 heteroatoms. The van der Waals surface area contributed by atoms with E-state index in [1.807, 2.05) is 26.1 Å². The molecule has 0 radical (unpaired) electrons. The number of carbonyl (C=O) groups is 1. The molecule has 1 amide bonds. The molecule has 2 aromatic rings. The lowest BCUT2D eigenvalue weighted by Gasteiger charge is -2.42. The van der Waals surface area contributed by atoms with E-state index in [-0.39, 0.29) is 22.5 Å². The summed E-state index contributed by atoms with van der Waals surface area (Å²) < 4.78 is 0. The Morgan fingerprint density at radius 1 is 1.07 bits per heavy atom. The summed E-state index contributed by atoms with van der Waals surface area (Å²) >= 11 is 3.99. The van der Waals surface area contributed by atoms with Crippen molar-refractivity contribution in [3.05, 3.63) is 36.5 Å². The van der Waals surface area contributed by atoms with Crippen LogP contribution >= 0.6 is 12.6 Å². The van der Waals surface area contributed by atoms with Gasteiger partial charge in [-0.2, -0.15) is 12.6 Å². The van der Waals surface area contributed by atoms with E-state index in [2.05, 4.69) is 80.2 Å². The maximum atomic E-state index is 11.4. The molecule has 150 valence electrons. The van der Waals surface area contributed by atoms with Gasteiger partial charge in [-0.05, 0) is 29.4 Å². The number of pyridine rings is 1. The molecule has 2 N–H and O–H groups in total. The predicted molar refractivity (Wildman–Crippen MR) is 121 cm³/mol. The highest BCUT2D eigenvalue weighted by atomic mass is 32.1. The normalized spacial score (nSPS) is 11.5. The highest BCUT2D eigenvalue weighted by Gasteiger charge is 2.36. The van der Waals surface area contributed by atoms with Crippen LogP contribution in [0.2, 0.25) is 0 Å². The molecular weight excluding hydrogens is 354 g/mol. The second-order valence-electron chi connectivity index (χ2n) is 7.76. The van der Waals surface area contributed by atoms with Crippen molar-refractivity contribution in [2.75, 3.05) is 24.2 Å². The Labute approximate surface area is 169 Å². The molecule has 1 heterocycles. The molecule has 1 aromatic heterocycles. The van der Waals surface area contributed by atoms with Gasteiger partial charge in [0.05, 0.1) is 17.0 Å². The van der Waals surface area contributed by atoms with Gasteiger partial charge in [-0.3, -0.25) is 9.78 Å². The fraction of sp³-hybridized carbons (Fsp3) is 0.545. The molecule has 4 nitrogen and oxygen atoms in total. The minimum absolute atomic E-state index is 0.0168. The number of fused-ring (bicyclic) bond motifs is 1. The first-order chi connectivity index (χ1) is 12.8. The average molecular weight is 390 g/mol. The number of anilines is 1. The topological polar surface area (TPSA) is 54.0 Å². The summed E-state index contributed by atoms with van der Waals surface area (Å²) in [5.74, 6) is 0.219. The Kier molecular flexibility index (Phi) is 9.10. The van der Waals surface area contributed by atoms with E-state index in [1.165, 1.54) is 0 Å². The van der Waals surface area contributed by atoms with Gasteiger partial charge < -0.3 is 10.6 Å². The molecule has 0 spiro atoms. The first-order valence-electron chi connectivity index (χ1n) is 9.72. The van der Waals surface area contributed by atoms with E-state index in [0.717, 1.165) is 29.6 Å². The highest BCUT2D eigenvalue weighted by Crippen LogP contribution is 2.41. The SMILES string of the molecule is CC.CC(C)(CCNC(=O)CS)C(C)(C)CNc1cccc2cccnc12. The molecule has 0 aliphatic rings. The lowest BCUT2D eigenvalue weighted by molar-refractivity contribution is -0.118. The third-order valence-electron chi connectivity index (χ3n) is 5.40. The quantitative estimate of drug-likeness (QED) is 0.547. The number of hydrogen-bond donors (Lipinski definition) is 3. The van der Waals surface area contributed by atoms with Crippen molar-refractivity contribution in [2.45, 2.75) is 48.0 Å². The van der Waals surface area contributed by atoms with E-state index >= 15 is 0 Å². The standard InChI is InChI=1S/C20H29N3OS.C2H6/c1-19(2,10-12-21-17(24)13-25)20(3,4)14-23-16-9-5-7-15-8-6-11-22-18(15)16;1-2/h5-9,11,23,25H,10,12-14H2,1-4H3,(H,21,24);1-2H3. The highest BCUT2D eigenvalue weighted by molar-refractivity contribution is 7.81. The van der Waals surface area contributed by atoms with Crippen molar-refractivity contribution in [1.29, 1.82) is 0 Å². The Bertz CT molecular complexity index is 723. The van der Waals surface area contributed by atoms with Gasteiger partial charge in [0.1, 0.15) is 0 Å². The smallest absolute Gasteiger partial charge is 0.229 e. The van der Waals surface area contributed by atoms with Gasteiger partial charge in [0.25, 0.3) is 0 Å². The summed E-state index contributed by atoms with van der Waals surface area (Å²) in [6, 6.07) is 10.2. The number of benzene rings is 1. The number of nitrogens with one attached hydrogen (secondary N) is 2. The van der Waals surface area contributed by atoms with Crippen LogP contribution in [0.1, 0.15) is 48.0 Å². The van der Waals surface area contributed by atoms with Crippen LogP contribution in [0.15, 0.2) is 36.5 Å². The van der Waals surface area contributed by atoms with Crippen LogP contribution in [0.5, 0.6) is 0 Å².